The number of rotatable bonds is 0. The maximum absolute atomic E-state index is 11.0. The third kappa shape index (κ3) is 2.02. The van der Waals surface area contributed by atoms with Crippen molar-refractivity contribution in [2.24, 2.45) is 29.1 Å². The molecule has 0 aromatic heterocycles. The van der Waals surface area contributed by atoms with E-state index >= 15 is 0 Å². The summed E-state index contributed by atoms with van der Waals surface area (Å²) in [6.07, 6.45) is 13.8. The fraction of sp³-hybridized carbons (Fsp3) is 0.810. The molecule has 0 spiro atoms. The Morgan fingerprint density at radius 3 is 2.70 bits per heavy atom. The molecule has 1 unspecified atom stereocenters. The van der Waals surface area contributed by atoms with Gasteiger partial charge in [0.25, 0.3) is 0 Å². The second kappa shape index (κ2) is 5.11. The number of fused-ring (bicyclic) bond motifs is 4. The van der Waals surface area contributed by atoms with Crippen LogP contribution in [0.2, 0.25) is 0 Å². The van der Waals surface area contributed by atoms with Crippen LogP contribution in [-0.4, -0.2) is 21.9 Å². The average Bonchev–Trinajstić information content (AvgIpc) is 2.79. The summed E-state index contributed by atoms with van der Waals surface area (Å²) in [5.41, 5.74) is 2.23. The van der Waals surface area contributed by atoms with E-state index in [-0.39, 0.29) is 11.5 Å². The first-order chi connectivity index (χ1) is 10.9. The van der Waals surface area contributed by atoms with E-state index in [1.807, 2.05) is 0 Å². The van der Waals surface area contributed by atoms with E-state index in [2.05, 4.69) is 19.8 Å². The Bertz CT molecular complexity index is 585. The monoisotopic (exact) mass is 314 g/mol. The smallest absolute Gasteiger partial charge is 0.130 e. The van der Waals surface area contributed by atoms with Gasteiger partial charge in [0.15, 0.2) is 0 Å². The molecule has 0 aromatic carbocycles. The highest BCUT2D eigenvalue weighted by molar-refractivity contribution is 5.30. The fourth-order valence-electron chi connectivity index (χ4n) is 6.85. The molecule has 0 bridgehead atoms. The molecule has 2 N–H and O–H groups in total. The van der Waals surface area contributed by atoms with Crippen molar-refractivity contribution in [3.8, 4) is 12.3 Å². The lowest BCUT2D eigenvalue weighted by molar-refractivity contribution is -0.0813. The number of hydrogen-bond acceptors (Lipinski definition) is 2. The summed E-state index contributed by atoms with van der Waals surface area (Å²) >= 11 is 0. The molecule has 4 aliphatic rings. The number of allylic oxidation sites excluding steroid dienone is 1. The SMILES string of the molecule is C#C[C@]1(O)CC[C@H]2[C@@H]3[C@H](C)CC4=C(CCC(O)C4)[C@H]3CC[C@@]21C. The standard InChI is InChI=1S/C21H30O2/c1-4-21(23)10-8-18-19-13(2)11-14-12-15(22)5-6-16(14)17(19)7-9-20(18,21)3/h1,13,15,17-19,22-23H,5-12H2,2-3H3/t13-,15?,17-,18+,19-,20+,21+/m1/s1. The minimum Gasteiger partial charge on any atom is -0.393 e. The van der Waals surface area contributed by atoms with Gasteiger partial charge in [-0.2, -0.15) is 0 Å². The van der Waals surface area contributed by atoms with Crippen LogP contribution in [0.4, 0.5) is 0 Å². The molecule has 4 aliphatic carbocycles. The Morgan fingerprint density at radius 2 is 1.96 bits per heavy atom. The molecule has 2 fully saturated rings. The van der Waals surface area contributed by atoms with E-state index in [1.165, 1.54) is 6.42 Å². The van der Waals surface area contributed by atoms with Crippen molar-refractivity contribution in [2.75, 3.05) is 0 Å². The van der Waals surface area contributed by atoms with E-state index in [4.69, 9.17) is 6.42 Å². The zero-order valence-corrected chi connectivity index (χ0v) is 14.5. The number of hydrogen-bond donors (Lipinski definition) is 2. The highest BCUT2D eigenvalue weighted by Gasteiger charge is 2.62. The molecular formula is C21H30O2. The average molecular weight is 314 g/mol. The third-order valence-electron chi connectivity index (χ3n) is 8.08. The minimum atomic E-state index is -0.903. The van der Waals surface area contributed by atoms with Crippen LogP contribution in [0.25, 0.3) is 0 Å². The van der Waals surface area contributed by atoms with E-state index in [0.29, 0.717) is 23.7 Å². The van der Waals surface area contributed by atoms with Crippen molar-refractivity contribution in [3.05, 3.63) is 11.1 Å². The van der Waals surface area contributed by atoms with E-state index < -0.39 is 5.60 Å². The predicted molar refractivity (Wildman–Crippen MR) is 91.5 cm³/mol. The molecule has 2 nitrogen and oxygen atoms in total. The lowest BCUT2D eigenvalue weighted by Gasteiger charge is -2.55. The van der Waals surface area contributed by atoms with Crippen molar-refractivity contribution >= 4 is 0 Å². The summed E-state index contributed by atoms with van der Waals surface area (Å²) in [4.78, 5) is 0. The van der Waals surface area contributed by atoms with Crippen LogP contribution in [0.15, 0.2) is 11.1 Å². The van der Waals surface area contributed by atoms with Crippen LogP contribution in [0.1, 0.15) is 65.2 Å². The van der Waals surface area contributed by atoms with Gasteiger partial charge >= 0.3 is 0 Å². The van der Waals surface area contributed by atoms with Crippen molar-refractivity contribution in [3.63, 3.8) is 0 Å². The molecule has 0 heterocycles. The van der Waals surface area contributed by atoms with Crippen LogP contribution in [0, 0.1) is 41.4 Å². The van der Waals surface area contributed by atoms with Gasteiger partial charge < -0.3 is 10.2 Å². The molecular weight excluding hydrogens is 284 g/mol. The summed E-state index contributed by atoms with van der Waals surface area (Å²) in [5, 5.41) is 21.0. The Balaban J connectivity index is 1.70. The molecule has 0 saturated heterocycles. The molecule has 7 atom stereocenters. The zero-order valence-electron chi connectivity index (χ0n) is 14.5. The van der Waals surface area contributed by atoms with E-state index in [1.54, 1.807) is 11.1 Å². The zero-order chi connectivity index (χ0) is 16.4. The first-order valence-electron chi connectivity index (χ1n) is 9.48. The fourth-order valence-corrected chi connectivity index (χ4v) is 6.85. The maximum Gasteiger partial charge on any atom is 0.130 e. The Morgan fingerprint density at radius 1 is 1.17 bits per heavy atom. The van der Waals surface area contributed by atoms with Gasteiger partial charge in [0.2, 0.25) is 0 Å². The highest BCUT2D eigenvalue weighted by Crippen LogP contribution is 2.65. The van der Waals surface area contributed by atoms with Gasteiger partial charge in [-0.15, -0.1) is 6.42 Å². The topological polar surface area (TPSA) is 40.5 Å². The summed E-state index contributed by atoms with van der Waals surface area (Å²) in [6, 6.07) is 0. The predicted octanol–water partition coefficient (Wildman–Crippen LogP) is 3.67. The van der Waals surface area contributed by atoms with Crippen molar-refractivity contribution < 1.29 is 10.2 Å². The summed E-state index contributed by atoms with van der Waals surface area (Å²) in [7, 11) is 0. The van der Waals surface area contributed by atoms with Crippen LogP contribution in [0.5, 0.6) is 0 Å². The third-order valence-corrected chi connectivity index (χ3v) is 8.08. The van der Waals surface area contributed by atoms with Gasteiger partial charge in [0, 0.05) is 5.41 Å². The van der Waals surface area contributed by atoms with Crippen molar-refractivity contribution in [2.45, 2.75) is 76.9 Å². The lowest BCUT2D eigenvalue weighted by Crippen LogP contribution is -2.52. The van der Waals surface area contributed by atoms with E-state index in [9.17, 15) is 10.2 Å². The molecule has 0 amide bonds. The van der Waals surface area contributed by atoms with Crippen molar-refractivity contribution in [1.29, 1.82) is 0 Å². The lowest BCUT2D eigenvalue weighted by atomic mass is 9.50. The number of aliphatic hydroxyl groups excluding tert-OH is 1. The number of terminal acetylenes is 1. The van der Waals surface area contributed by atoms with Gasteiger partial charge in [-0.1, -0.05) is 30.9 Å². The molecule has 2 saturated carbocycles. The normalized spacial score (nSPS) is 52.4. The van der Waals surface area contributed by atoms with Gasteiger partial charge in [-0.25, -0.2) is 0 Å². The van der Waals surface area contributed by atoms with Gasteiger partial charge in [-0.3, -0.25) is 0 Å². The van der Waals surface area contributed by atoms with Gasteiger partial charge in [-0.05, 0) is 75.0 Å². The Kier molecular flexibility index (Phi) is 3.49. The minimum absolute atomic E-state index is 0.108. The molecule has 126 valence electrons. The molecule has 0 radical (unpaired) electrons. The first kappa shape index (κ1) is 15.7. The summed E-state index contributed by atoms with van der Waals surface area (Å²) in [5.74, 6) is 5.32. The van der Waals surface area contributed by atoms with Crippen LogP contribution in [0.3, 0.4) is 0 Å². The highest BCUT2D eigenvalue weighted by atomic mass is 16.3. The summed E-state index contributed by atoms with van der Waals surface area (Å²) in [6.45, 7) is 4.64. The number of aliphatic hydroxyl groups is 2. The molecule has 0 aromatic rings. The molecule has 23 heavy (non-hydrogen) atoms. The van der Waals surface area contributed by atoms with Crippen LogP contribution < -0.4 is 0 Å². The largest absolute Gasteiger partial charge is 0.393 e. The summed E-state index contributed by atoms with van der Waals surface area (Å²) < 4.78 is 0. The van der Waals surface area contributed by atoms with Crippen LogP contribution >= 0.6 is 0 Å². The molecule has 0 aliphatic heterocycles. The molecule has 4 rings (SSSR count). The van der Waals surface area contributed by atoms with Crippen LogP contribution in [-0.2, 0) is 0 Å². The van der Waals surface area contributed by atoms with Gasteiger partial charge in [0.1, 0.15) is 5.60 Å². The van der Waals surface area contributed by atoms with Crippen molar-refractivity contribution in [1.82, 2.24) is 0 Å². The van der Waals surface area contributed by atoms with Gasteiger partial charge in [0.05, 0.1) is 6.10 Å². The second-order valence-corrected chi connectivity index (χ2v) is 9.00. The maximum atomic E-state index is 11.0. The molecule has 2 heteroatoms. The Hall–Kier alpha value is -0.780. The quantitative estimate of drug-likeness (QED) is 0.529. The second-order valence-electron chi connectivity index (χ2n) is 9.00. The van der Waals surface area contributed by atoms with E-state index in [0.717, 1.165) is 44.9 Å². The first-order valence-corrected chi connectivity index (χ1v) is 9.48. The Labute approximate surface area is 140 Å².